The van der Waals surface area contributed by atoms with Crippen LogP contribution in [0.2, 0.25) is 5.02 Å². The summed E-state index contributed by atoms with van der Waals surface area (Å²) in [4.78, 5) is 14.7. The smallest absolute Gasteiger partial charge is 0.253 e. The number of hydrogen-bond donors (Lipinski definition) is 1. The molecule has 1 saturated heterocycles. The highest BCUT2D eigenvalue weighted by Crippen LogP contribution is 2.35. The Kier molecular flexibility index (Phi) is 5.77. The predicted octanol–water partition coefficient (Wildman–Crippen LogP) is 4.19. The first-order valence-electron chi connectivity index (χ1n) is 8.82. The van der Waals surface area contributed by atoms with Crippen molar-refractivity contribution in [2.24, 2.45) is 5.41 Å². The van der Waals surface area contributed by atoms with Crippen molar-refractivity contribution in [1.82, 2.24) is 4.90 Å². The number of likely N-dealkylation sites (tertiary alicyclic amines) is 1. The lowest BCUT2D eigenvalue weighted by Gasteiger charge is -2.42. The minimum Gasteiger partial charge on any atom is -0.396 e. The van der Waals surface area contributed by atoms with Gasteiger partial charge in [-0.3, -0.25) is 4.79 Å². The Morgan fingerprint density at radius 3 is 2.68 bits per heavy atom. The summed E-state index contributed by atoms with van der Waals surface area (Å²) in [5.74, 6) is -0.000244. The summed E-state index contributed by atoms with van der Waals surface area (Å²) < 4.78 is 0. The molecule has 3 nitrogen and oxygen atoms in total. The first kappa shape index (κ1) is 18.0. The van der Waals surface area contributed by atoms with E-state index in [4.69, 9.17) is 11.6 Å². The lowest BCUT2D eigenvalue weighted by molar-refractivity contribution is 0.0228. The highest BCUT2D eigenvalue weighted by atomic mass is 35.5. The van der Waals surface area contributed by atoms with Crippen molar-refractivity contribution < 1.29 is 9.90 Å². The van der Waals surface area contributed by atoms with E-state index >= 15 is 0 Å². The average molecular weight is 358 g/mol. The second-order valence-corrected chi connectivity index (χ2v) is 7.42. The van der Waals surface area contributed by atoms with E-state index in [0.717, 1.165) is 32.2 Å². The Morgan fingerprint density at radius 1 is 1.16 bits per heavy atom. The molecular formula is C21H24ClNO2. The van der Waals surface area contributed by atoms with Gasteiger partial charge >= 0.3 is 0 Å². The van der Waals surface area contributed by atoms with E-state index in [1.54, 1.807) is 24.3 Å². The van der Waals surface area contributed by atoms with Gasteiger partial charge in [0.1, 0.15) is 0 Å². The topological polar surface area (TPSA) is 40.5 Å². The monoisotopic (exact) mass is 357 g/mol. The molecule has 0 spiro atoms. The second kappa shape index (κ2) is 8.03. The summed E-state index contributed by atoms with van der Waals surface area (Å²) in [6.45, 7) is 1.44. The fourth-order valence-corrected chi connectivity index (χ4v) is 3.84. The molecule has 1 aliphatic rings. The molecule has 132 valence electrons. The standard InChI is InChI=1S/C21H24ClNO2/c22-19-9-4-8-18(14-19)20(25)23-13-5-11-21(15-23,16-24)12-10-17-6-2-1-3-7-17/h1-4,6-9,14,24H,5,10-13,15-16H2/t21-/m0/s1. The van der Waals surface area contributed by atoms with E-state index < -0.39 is 0 Å². The SMILES string of the molecule is O=C(c1cccc(Cl)c1)N1CCC[C@](CO)(CCc2ccccc2)C1. The maximum Gasteiger partial charge on any atom is 0.253 e. The number of amides is 1. The number of rotatable bonds is 5. The molecule has 0 aliphatic carbocycles. The number of nitrogens with zero attached hydrogens (tertiary/aromatic N) is 1. The van der Waals surface area contributed by atoms with Gasteiger partial charge in [0, 0.05) is 29.1 Å². The molecule has 2 aromatic carbocycles. The van der Waals surface area contributed by atoms with Gasteiger partial charge in [-0.1, -0.05) is 48.0 Å². The average Bonchev–Trinajstić information content (AvgIpc) is 2.67. The van der Waals surface area contributed by atoms with Gasteiger partial charge in [-0.05, 0) is 49.4 Å². The molecule has 1 N–H and O–H groups in total. The van der Waals surface area contributed by atoms with Crippen molar-refractivity contribution in [3.05, 3.63) is 70.7 Å². The van der Waals surface area contributed by atoms with E-state index in [1.807, 2.05) is 23.1 Å². The van der Waals surface area contributed by atoms with Crippen LogP contribution < -0.4 is 0 Å². The number of aryl methyl sites for hydroxylation is 1. The summed E-state index contributed by atoms with van der Waals surface area (Å²) in [5.41, 5.74) is 1.67. The van der Waals surface area contributed by atoms with Crippen LogP contribution in [0.15, 0.2) is 54.6 Å². The predicted molar refractivity (Wildman–Crippen MR) is 101 cm³/mol. The largest absolute Gasteiger partial charge is 0.396 e. The van der Waals surface area contributed by atoms with Gasteiger partial charge in [-0.25, -0.2) is 0 Å². The van der Waals surface area contributed by atoms with Crippen LogP contribution in [0, 0.1) is 5.41 Å². The minimum atomic E-state index is -0.220. The van der Waals surface area contributed by atoms with Gasteiger partial charge < -0.3 is 10.0 Å². The number of hydrogen-bond acceptors (Lipinski definition) is 2. The van der Waals surface area contributed by atoms with Gasteiger partial charge in [0.2, 0.25) is 0 Å². The number of aliphatic hydroxyl groups is 1. The molecule has 1 amide bonds. The molecule has 0 aromatic heterocycles. The lowest BCUT2D eigenvalue weighted by Crippen LogP contribution is -2.48. The van der Waals surface area contributed by atoms with Crippen molar-refractivity contribution in [1.29, 1.82) is 0 Å². The fourth-order valence-electron chi connectivity index (χ4n) is 3.65. The molecule has 3 rings (SSSR count). The number of carbonyl (C=O) groups excluding carboxylic acids is 1. The van der Waals surface area contributed by atoms with Crippen LogP contribution in [-0.2, 0) is 6.42 Å². The summed E-state index contributed by atoms with van der Waals surface area (Å²) in [6.07, 6.45) is 3.67. The second-order valence-electron chi connectivity index (χ2n) is 6.98. The number of aliphatic hydroxyl groups excluding tert-OH is 1. The first-order valence-corrected chi connectivity index (χ1v) is 9.19. The van der Waals surface area contributed by atoms with Crippen molar-refractivity contribution in [3.63, 3.8) is 0 Å². The van der Waals surface area contributed by atoms with E-state index in [0.29, 0.717) is 17.1 Å². The molecule has 1 fully saturated rings. The normalized spacial score (nSPS) is 20.5. The number of benzene rings is 2. The molecule has 1 atom stereocenters. The molecule has 4 heteroatoms. The highest BCUT2D eigenvalue weighted by molar-refractivity contribution is 6.30. The van der Waals surface area contributed by atoms with E-state index in [1.165, 1.54) is 5.56 Å². The molecule has 0 saturated carbocycles. The Hall–Kier alpha value is -1.84. The maximum absolute atomic E-state index is 12.8. The van der Waals surface area contributed by atoms with Gasteiger partial charge in [-0.2, -0.15) is 0 Å². The van der Waals surface area contributed by atoms with Gasteiger partial charge in [0.05, 0.1) is 6.61 Å². The molecule has 25 heavy (non-hydrogen) atoms. The third-order valence-corrected chi connectivity index (χ3v) is 5.38. The van der Waals surface area contributed by atoms with Crippen molar-refractivity contribution in [2.45, 2.75) is 25.7 Å². The molecule has 0 bridgehead atoms. The fraction of sp³-hybridized carbons (Fsp3) is 0.381. The van der Waals surface area contributed by atoms with Crippen LogP contribution in [0.25, 0.3) is 0 Å². The van der Waals surface area contributed by atoms with Gasteiger partial charge in [-0.15, -0.1) is 0 Å². The van der Waals surface area contributed by atoms with Crippen molar-refractivity contribution in [2.75, 3.05) is 19.7 Å². The molecule has 2 aromatic rings. The first-order chi connectivity index (χ1) is 12.1. The molecule has 1 heterocycles. The Labute approximate surface area is 154 Å². The quantitative estimate of drug-likeness (QED) is 0.871. The van der Waals surface area contributed by atoms with Crippen LogP contribution in [0.3, 0.4) is 0 Å². The van der Waals surface area contributed by atoms with E-state index in [9.17, 15) is 9.90 Å². The van der Waals surface area contributed by atoms with Gasteiger partial charge in [0.15, 0.2) is 0 Å². The summed E-state index contributed by atoms with van der Waals surface area (Å²) in [5, 5.41) is 10.6. The van der Waals surface area contributed by atoms with Crippen LogP contribution in [0.1, 0.15) is 35.2 Å². The zero-order chi connectivity index (χ0) is 17.7. The summed E-state index contributed by atoms with van der Waals surface area (Å²) in [7, 11) is 0. The lowest BCUT2D eigenvalue weighted by atomic mass is 9.76. The highest BCUT2D eigenvalue weighted by Gasteiger charge is 2.36. The van der Waals surface area contributed by atoms with Crippen LogP contribution in [0.5, 0.6) is 0 Å². The van der Waals surface area contributed by atoms with Crippen LogP contribution in [-0.4, -0.2) is 35.6 Å². The molecular weight excluding hydrogens is 334 g/mol. The zero-order valence-electron chi connectivity index (χ0n) is 14.3. The van der Waals surface area contributed by atoms with Crippen LogP contribution in [0.4, 0.5) is 0 Å². The van der Waals surface area contributed by atoms with E-state index in [2.05, 4.69) is 12.1 Å². The Morgan fingerprint density at radius 2 is 1.96 bits per heavy atom. The van der Waals surface area contributed by atoms with Gasteiger partial charge in [0.25, 0.3) is 5.91 Å². The summed E-state index contributed by atoms with van der Waals surface area (Å²) in [6, 6.07) is 17.4. The summed E-state index contributed by atoms with van der Waals surface area (Å²) >= 11 is 6.02. The molecule has 1 aliphatic heterocycles. The van der Waals surface area contributed by atoms with Crippen molar-refractivity contribution in [3.8, 4) is 0 Å². The third kappa shape index (κ3) is 4.42. The van der Waals surface area contributed by atoms with E-state index in [-0.39, 0.29) is 17.9 Å². The maximum atomic E-state index is 12.8. The van der Waals surface area contributed by atoms with Crippen molar-refractivity contribution >= 4 is 17.5 Å². The Bertz CT molecular complexity index is 719. The van der Waals surface area contributed by atoms with Crippen LogP contribution >= 0.6 is 11.6 Å². The zero-order valence-corrected chi connectivity index (χ0v) is 15.1. The third-order valence-electron chi connectivity index (χ3n) is 5.14. The molecule has 0 radical (unpaired) electrons. The molecule has 0 unspecified atom stereocenters. The number of halogens is 1. The Balaban J connectivity index is 1.70. The number of carbonyl (C=O) groups is 1. The number of piperidine rings is 1. The minimum absolute atomic E-state index is 0.000244.